The van der Waals surface area contributed by atoms with Gasteiger partial charge in [0.25, 0.3) is 0 Å². The molecule has 0 amide bonds. The van der Waals surface area contributed by atoms with Crippen LogP contribution in [0.15, 0.2) is 23.1 Å². The van der Waals surface area contributed by atoms with E-state index in [1.165, 1.54) is 17.4 Å². The molecule has 1 aromatic carbocycles. The largest absolute Gasteiger partial charge is 0.496 e. The van der Waals surface area contributed by atoms with E-state index in [4.69, 9.17) is 4.74 Å². The number of fused-ring (bicyclic) bond motifs is 1. The molecule has 1 aliphatic carbocycles. The van der Waals surface area contributed by atoms with Gasteiger partial charge in [-0.3, -0.25) is 0 Å². The molecule has 2 heterocycles. The molecule has 0 unspecified atom stereocenters. The van der Waals surface area contributed by atoms with Crippen molar-refractivity contribution >= 4 is 26.3 Å². The molecule has 2 aromatic heterocycles. The first-order valence-corrected chi connectivity index (χ1v) is 10.1. The predicted molar refractivity (Wildman–Crippen MR) is 92.4 cm³/mol. The Labute approximate surface area is 148 Å². The van der Waals surface area contributed by atoms with E-state index >= 15 is 0 Å². The maximum atomic E-state index is 12.5. The number of ether oxygens (including phenoxy) is 1. The van der Waals surface area contributed by atoms with E-state index in [0.29, 0.717) is 21.6 Å². The van der Waals surface area contributed by atoms with E-state index < -0.39 is 10.0 Å². The van der Waals surface area contributed by atoms with Gasteiger partial charge < -0.3 is 4.74 Å². The number of hydrogen-bond acceptors (Lipinski definition) is 7. The number of nitrogens with zero attached hydrogens (tertiary/aromatic N) is 4. The SMILES string of the molecule is COc1ccc(S(=O)(=O)NCc2nn3c(C4CC4)nnc3s2)cc1C. The van der Waals surface area contributed by atoms with Crippen molar-refractivity contribution in [3.8, 4) is 5.75 Å². The smallest absolute Gasteiger partial charge is 0.240 e. The first-order chi connectivity index (χ1) is 12.0. The zero-order valence-electron chi connectivity index (χ0n) is 13.8. The molecule has 0 radical (unpaired) electrons. The maximum Gasteiger partial charge on any atom is 0.240 e. The minimum absolute atomic E-state index is 0.117. The van der Waals surface area contributed by atoms with Crippen molar-refractivity contribution < 1.29 is 13.2 Å². The van der Waals surface area contributed by atoms with Crippen LogP contribution >= 0.6 is 11.3 Å². The zero-order chi connectivity index (χ0) is 17.6. The molecule has 1 N–H and O–H groups in total. The second-order valence-corrected chi connectivity index (χ2v) is 8.79. The summed E-state index contributed by atoms with van der Waals surface area (Å²) in [5.74, 6) is 1.95. The summed E-state index contributed by atoms with van der Waals surface area (Å²) in [6.45, 7) is 1.92. The standard InChI is InChI=1S/C15H17N5O3S2/c1-9-7-11(5-6-12(9)23-2)25(21,22)16-8-13-19-20-14(10-3-4-10)17-18-15(20)24-13/h5-7,10,16H,3-4,8H2,1-2H3. The number of nitrogens with one attached hydrogen (secondary N) is 1. The molecule has 4 rings (SSSR count). The number of aryl methyl sites for hydroxylation is 1. The van der Waals surface area contributed by atoms with Crippen molar-refractivity contribution in [1.82, 2.24) is 24.5 Å². The van der Waals surface area contributed by atoms with Crippen LogP contribution in [0.4, 0.5) is 0 Å². The molecule has 0 saturated heterocycles. The van der Waals surface area contributed by atoms with Crippen molar-refractivity contribution in [2.75, 3.05) is 7.11 Å². The molecule has 0 spiro atoms. The van der Waals surface area contributed by atoms with Gasteiger partial charge in [-0.25, -0.2) is 13.1 Å². The third-order valence-electron chi connectivity index (χ3n) is 4.09. The normalized spacial score (nSPS) is 15.0. The van der Waals surface area contributed by atoms with Gasteiger partial charge in [0.1, 0.15) is 10.8 Å². The van der Waals surface area contributed by atoms with E-state index in [1.54, 1.807) is 30.7 Å². The number of sulfonamides is 1. The average molecular weight is 379 g/mol. The van der Waals surface area contributed by atoms with Crippen molar-refractivity contribution in [3.63, 3.8) is 0 Å². The Kier molecular flexibility index (Phi) is 3.97. The number of aromatic nitrogens is 4. The van der Waals surface area contributed by atoms with Crippen LogP contribution in [0.5, 0.6) is 5.75 Å². The second kappa shape index (κ2) is 6.04. The molecule has 1 fully saturated rings. The molecule has 132 valence electrons. The van der Waals surface area contributed by atoms with E-state index in [-0.39, 0.29) is 11.4 Å². The molecule has 0 bridgehead atoms. The van der Waals surface area contributed by atoms with Crippen LogP contribution in [0.2, 0.25) is 0 Å². The molecule has 0 aliphatic heterocycles. The molecule has 8 nitrogen and oxygen atoms in total. The fraction of sp³-hybridized carbons (Fsp3) is 0.400. The Morgan fingerprint density at radius 3 is 2.84 bits per heavy atom. The van der Waals surface area contributed by atoms with Crippen molar-refractivity contribution in [2.24, 2.45) is 0 Å². The van der Waals surface area contributed by atoms with Crippen molar-refractivity contribution in [3.05, 3.63) is 34.6 Å². The Hall–Kier alpha value is -2.04. The maximum absolute atomic E-state index is 12.5. The lowest BCUT2D eigenvalue weighted by molar-refractivity contribution is 0.411. The summed E-state index contributed by atoms with van der Waals surface area (Å²) in [5.41, 5.74) is 0.762. The van der Waals surface area contributed by atoms with E-state index in [0.717, 1.165) is 24.2 Å². The van der Waals surface area contributed by atoms with Crippen LogP contribution in [0, 0.1) is 6.92 Å². The van der Waals surface area contributed by atoms with Crippen LogP contribution in [-0.4, -0.2) is 35.3 Å². The second-order valence-electron chi connectivity index (χ2n) is 5.98. The van der Waals surface area contributed by atoms with Gasteiger partial charge >= 0.3 is 0 Å². The molecular weight excluding hydrogens is 362 g/mol. The van der Waals surface area contributed by atoms with Gasteiger partial charge in [-0.1, -0.05) is 11.3 Å². The highest BCUT2D eigenvalue weighted by atomic mass is 32.2. The highest BCUT2D eigenvalue weighted by molar-refractivity contribution is 7.89. The van der Waals surface area contributed by atoms with E-state index in [9.17, 15) is 8.42 Å². The predicted octanol–water partition coefficient (Wildman–Crippen LogP) is 1.86. The van der Waals surface area contributed by atoms with Crippen molar-refractivity contribution in [2.45, 2.75) is 37.1 Å². The summed E-state index contributed by atoms with van der Waals surface area (Å²) in [7, 11) is -2.07. The Morgan fingerprint density at radius 1 is 1.36 bits per heavy atom. The quantitative estimate of drug-likeness (QED) is 0.702. The van der Waals surface area contributed by atoms with Gasteiger partial charge in [-0.05, 0) is 43.5 Å². The first kappa shape index (κ1) is 16.4. The summed E-state index contributed by atoms with van der Waals surface area (Å²) in [6, 6.07) is 4.76. The van der Waals surface area contributed by atoms with Crippen LogP contribution in [-0.2, 0) is 16.6 Å². The number of methoxy groups -OCH3 is 1. The third-order valence-corrected chi connectivity index (χ3v) is 6.39. The van der Waals surface area contributed by atoms with Gasteiger partial charge in [0.05, 0.1) is 18.6 Å². The van der Waals surface area contributed by atoms with Crippen molar-refractivity contribution in [1.29, 1.82) is 0 Å². The van der Waals surface area contributed by atoms with Crippen LogP contribution < -0.4 is 9.46 Å². The number of hydrogen-bond donors (Lipinski definition) is 1. The highest BCUT2D eigenvalue weighted by Gasteiger charge is 2.30. The van der Waals surface area contributed by atoms with Crippen LogP contribution in [0.3, 0.4) is 0 Å². The topological polar surface area (TPSA) is 98.5 Å². The van der Waals surface area contributed by atoms with E-state index in [1.807, 2.05) is 0 Å². The lowest BCUT2D eigenvalue weighted by atomic mass is 10.2. The molecular formula is C15H17N5O3S2. The monoisotopic (exact) mass is 379 g/mol. The average Bonchev–Trinajstić information content (AvgIpc) is 3.22. The minimum Gasteiger partial charge on any atom is -0.496 e. The third kappa shape index (κ3) is 3.12. The Morgan fingerprint density at radius 2 is 2.16 bits per heavy atom. The zero-order valence-corrected chi connectivity index (χ0v) is 15.4. The fourth-order valence-electron chi connectivity index (χ4n) is 2.60. The van der Waals surface area contributed by atoms with Gasteiger partial charge in [-0.2, -0.15) is 9.61 Å². The summed E-state index contributed by atoms with van der Waals surface area (Å²) >= 11 is 1.34. The number of rotatable bonds is 6. The van der Waals surface area contributed by atoms with Crippen LogP contribution in [0.1, 0.15) is 35.2 Å². The molecule has 10 heteroatoms. The molecule has 1 saturated carbocycles. The Balaban J connectivity index is 1.52. The lowest BCUT2D eigenvalue weighted by Crippen LogP contribution is -2.23. The number of benzene rings is 1. The molecule has 1 aliphatic rings. The summed E-state index contributed by atoms with van der Waals surface area (Å²) in [6.07, 6.45) is 2.22. The Bertz CT molecular complexity index is 1040. The summed E-state index contributed by atoms with van der Waals surface area (Å²) < 4.78 is 34.5. The highest BCUT2D eigenvalue weighted by Crippen LogP contribution is 2.39. The molecule has 0 atom stereocenters. The van der Waals surface area contributed by atoms with Gasteiger partial charge in [-0.15, -0.1) is 10.2 Å². The van der Waals surface area contributed by atoms with Gasteiger partial charge in [0, 0.05) is 5.92 Å². The lowest BCUT2D eigenvalue weighted by Gasteiger charge is -2.08. The molecule has 25 heavy (non-hydrogen) atoms. The minimum atomic E-state index is -3.62. The van der Waals surface area contributed by atoms with Gasteiger partial charge in [0.2, 0.25) is 15.0 Å². The van der Waals surface area contributed by atoms with E-state index in [2.05, 4.69) is 20.0 Å². The summed E-state index contributed by atoms with van der Waals surface area (Å²) in [4.78, 5) is 0.892. The molecule has 3 aromatic rings. The summed E-state index contributed by atoms with van der Waals surface area (Å²) in [5, 5.41) is 13.4. The van der Waals surface area contributed by atoms with Gasteiger partial charge in [0.15, 0.2) is 5.82 Å². The first-order valence-electron chi connectivity index (χ1n) is 7.83. The fourth-order valence-corrected chi connectivity index (χ4v) is 4.54. The van der Waals surface area contributed by atoms with Crippen LogP contribution in [0.25, 0.3) is 4.96 Å².